The SMILES string of the molecule is CCCNC(CSC(C)CC)Cc1c(Cl)cccc1Cl. The molecule has 114 valence electrons. The molecule has 0 aliphatic carbocycles. The van der Waals surface area contributed by atoms with Gasteiger partial charge in [0.2, 0.25) is 0 Å². The number of nitrogens with one attached hydrogen (secondary N) is 1. The highest BCUT2D eigenvalue weighted by Gasteiger charge is 2.15. The summed E-state index contributed by atoms with van der Waals surface area (Å²) in [7, 11) is 0. The van der Waals surface area contributed by atoms with Gasteiger partial charge in [-0.15, -0.1) is 0 Å². The van der Waals surface area contributed by atoms with Crippen LogP contribution in [-0.2, 0) is 6.42 Å². The van der Waals surface area contributed by atoms with Crippen molar-refractivity contribution in [1.82, 2.24) is 5.32 Å². The van der Waals surface area contributed by atoms with Gasteiger partial charge in [-0.1, -0.05) is 50.0 Å². The molecule has 0 aromatic heterocycles. The summed E-state index contributed by atoms with van der Waals surface area (Å²) in [5, 5.41) is 5.86. The molecule has 0 radical (unpaired) electrons. The van der Waals surface area contributed by atoms with Crippen molar-refractivity contribution in [1.29, 1.82) is 0 Å². The Bertz CT molecular complexity index is 378. The van der Waals surface area contributed by atoms with Gasteiger partial charge in [0.25, 0.3) is 0 Å². The lowest BCUT2D eigenvalue weighted by Gasteiger charge is -2.21. The third-order valence-corrected chi connectivity index (χ3v) is 5.56. The first-order chi connectivity index (χ1) is 9.58. The van der Waals surface area contributed by atoms with E-state index < -0.39 is 0 Å². The Kier molecular flexibility index (Phi) is 9.03. The molecule has 0 heterocycles. The summed E-state index contributed by atoms with van der Waals surface area (Å²) in [5.41, 5.74) is 1.06. The van der Waals surface area contributed by atoms with Gasteiger partial charge in [0.05, 0.1) is 0 Å². The Balaban J connectivity index is 2.68. The molecular weight excluding hydrogens is 309 g/mol. The van der Waals surface area contributed by atoms with Crippen LogP contribution in [-0.4, -0.2) is 23.6 Å². The molecule has 1 nitrogen and oxygen atoms in total. The molecule has 2 unspecified atom stereocenters. The van der Waals surface area contributed by atoms with Gasteiger partial charge in [-0.2, -0.15) is 11.8 Å². The predicted molar refractivity (Wildman–Crippen MR) is 94.5 cm³/mol. The second kappa shape index (κ2) is 9.94. The fourth-order valence-electron chi connectivity index (χ4n) is 1.91. The van der Waals surface area contributed by atoms with Crippen molar-refractivity contribution in [3.8, 4) is 0 Å². The van der Waals surface area contributed by atoms with E-state index in [9.17, 15) is 0 Å². The molecule has 0 saturated carbocycles. The van der Waals surface area contributed by atoms with Crippen molar-refractivity contribution in [3.63, 3.8) is 0 Å². The van der Waals surface area contributed by atoms with Crippen LogP contribution in [0.3, 0.4) is 0 Å². The van der Waals surface area contributed by atoms with Crippen molar-refractivity contribution < 1.29 is 0 Å². The molecule has 1 aromatic rings. The van der Waals surface area contributed by atoms with E-state index in [-0.39, 0.29) is 0 Å². The zero-order chi connectivity index (χ0) is 15.0. The number of hydrogen-bond donors (Lipinski definition) is 1. The largest absolute Gasteiger partial charge is 0.313 e. The van der Waals surface area contributed by atoms with Crippen LogP contribution in [0.2, 0.25) is 10.0 Å². The molecule has 0 aliphatic heterocycles. The zero-order valence-electron chi connectivity index (χ0n) is 12.6. The van der Waals surface area contributed by atoms with Crippen LogP contribution in [0.1, 0.15) is 39.2 Å². The van der Waals surface area contributed by atoms with Crippen LogP contribution in [0.15, 0.2) is 18.2 Å². The van der Waals surface area contributed by atoms with Gasteiger partial charge in [-0.3, -0.25) is 0 Å². The summed E-state index contributed by atoms with van der Waals surface area (Å²) in [6.07, 6.45) is 3.24. The Morgan fingerprint density at radius 3 is 2.40 bits per heavy atom. The summed E-state index contributed by atoms with van der Waals surface area (Å²) in [6, 6.07) is 6.16. The Morgan fingerprint density at radius 1 is 1.20 bits per heavy atom. The molecule has 4 heteroatoms. The van der Waals surface area contributed by atoms with Gasteiger partial charge < -0.3 is 5.32 Å². The molecule has 1 aromatic carbocycles. The molecule has 0 saturated heterocycles. The van der Waals surface area contributed by atoms with E-state index in [1.807, 2.05) is 30.0 Å². The highest BCUT2D eigenvalue weighted by Crippen LogP contribution is 2.26. The third-order valence-electron chi connectivity index (χ3n) is 3.35. The van der Waals surface area contributed by atoms with Crippen molar-refractivity contribution in [2.45, 2.75) is 51.3 Å². The maximum atomic E-state index is 6.28. The third kappa shape index (κ3) is 6.26. The molecular formula is C16H25Cl2NS. The Morgan fingerprint density at radius 2 is 1.85 bits per heavy atom. The highest BCUT2D eigenvalue weighted by molar-refractivity contribution is 7.99. The number of benzene rings is 1. The van der Waals surface area contributed by atoms with E-state index in [0.717, 1.165) is 40.7 Å². The summed E-state index contributed by atoms with van der Waals surface area (Å²) < 4.78 is 0. The van der Waals surface area contributed by atoms with Crippen LogP contribution in [0.5, 0.6) is 0 Å². The summed E-state index contributed by atoms with van der Waals surface area (Å²) >= 11 is 14.6. The molecule has 2 atom stereocenters. The van der Waals surface area contributed by atoms with Gasteiger partial charge in [0.15, 0.2) is 0 Å². The monoisotopic (exact) mass is 333 g/mol. The van der Waals surface area contributed by atoms with Crippen molar-refractivity contribution >= 4 is 35.0 Å². The first-order valence-corrected chi connectivity index (χ1v) is 9.16. The minimum absolute atomic E-state index is 0.423. The van der Waals surface area contributed by atoms with Gasteiger partial charge >= 0.3 is 0 Å². The normalized spacial score (nSPS) is 14.2. The van der Waals surface area contributed by atoms with E-state index in [1.54, 1.807) is 0 Å². The van der Waals surface area contributed by atoms with Crippen LogP contribution in [0, 0.1) is 0 Å². The van der Waals surface area contributed by atoms with Crippen LogP contribution in [0.25, 0.3) is 0 Å². The second-order valence-electron chi connectivity index (χ2n) is 5.11. The fraction of sp³-hybridized carbons (Fsp3) is 0.625. The summed E-state index contributed by atoms with van der Waals surface area (Å²) in [6.45, 7) is 7.74. The maximum Gasteiger partial charge on any atom is 0.0453 e. The van der Waals surface area contributed by atoms with E-state index >= 15 is 0 Å². The minimum atomic E-state index is 0.423. The maximum absolute atomic E-state index is 6.28. The average molecular weight is 334 g/mol. The van der Waals surface area contributed by atoms with Gasteiger partial charge in [0.1, 0.15) is 0 Å². The molecule has 0 spiro atoms. The van der Waals surface area contributed by atoms with E-state index in [1.165, 1.54) is 6.42 Å². The zero-order valence-corrected chi connectivity index (χ0v) is 14.9. The molecule has 20 heavy (non-hydrogen) atoms. The molecule has 0 bridgehead atoms. The average Bonchev–Trinajstić information content (AvgIpc) is 2.44. The molecule has 0 fully saturated rings. The van der Waals surface area contributed by atoms with Crippen molar-refractivity contribution in [2.24, 2.45) is 0 Å². The van der Waals surface area contributed by atoms with Crippen molar-refractivity contribution in [3.05, 3.63) is 33.8 Å². The number of hydrogen-bond acceptors (Lipinski definition) is 2. The van der Waals surface area contributed by atoms with Crippen LogP contribution >= 0.6 is 35.0 Å². The topological polar surface area (TPSA) is 12.0 Å². The van der Waals surface area contributed by atoms with E-state index in [2.05, 4.69) is 26.1 Å². The summed E-state index contributed by atoms with van der Waals surface area (Å²) in [4.78, 5) is 0. The first kappa shape index (κ1) is 18.2. The molecule has 1 N–H and O–H groups in total. The van der Waals surface area contributed by atoms with Gasteiger partial charge in [0, 0.05) is 27.1 Å². The molecule has 1 rings (SSSR count). The Hall–Kier alpha value is 0.110. The van der Waals surface area contributed by atoms with Gasteiger partial charge in [-0.05, 0) is 43.5 Å². The first-order valence-electron chi connectivity index (χ1n) is 7.36. The lowest BCUT2D eigenvalue weighted by molar-refractivity contribution is 0.549. The number of halogens is 2. The predicted octanol–water partition coefficient (Wildman–Crippen LogP) is 5.44. The molecule has 0 aliphatic rings. The van der Waals surface area contributed by atoms with Gasteiger partial charge in [-0.25, -0.2) is 0 Å². The van der Waals surface area contributed by atoms with Crippen molar-refractivity contribution in [2.75, 3.05) is 12.3 Å². The van der Waals surface area contributed by atoms with Crippen LogP contribution < -0.4 is 5.32 Å². The molecule has 0 amide bonds. The number of thioether (sulfide) groups is 1. The Labute approximate surface area is 137 Å². The van der Waals surface area contributed by atoms with Crippen LogP contribution in [0.4, 0.5) is 0 Å². The quantitative estimate of drug-likeness (QED) is 0.646. The lowest BCUT2D eigenvalue weighted by Crippen LogP contribution is -2.34. The highest BCUT2D eigenvalue weighted by atomic mass is 35.5. The standard InChI is InChI=1S/C16H25Cl2NS/c1-4-9-19-13(11-20-12(3)5-2)10-14-15(17)7-6-8-16(14)18/h6-8,12-13,19H,4-5,9-11H2,1-3H3. The van der Waals surface area contributed by atoms with E-state index in [0.29, 0.717) is 11.3 Å². The minimum Gasteiger partial charge on any atom is -0.313 e. The lowest BCUT2D eigenvalue weighted by atomic mass is 10.1. The smallest absolute Gasteiger partial charge is 0.0453 e. The number of rotatable bonds is 9. The summed E-state index contributed by atoms with van der Waals surface area (Å²) in [5.74, 6) is 1.09. The van der Waals surface area contributed by atoms with E-state index in [4.69, 9.17) is 23.2 Å². The second-order valence-corrected chi connectivity index (χ2v) is 7.39. The fourth-order valence-corrected chi connectivity index (χ4v) is 3.49.